The molecule has 0 aliphatic carbocycles. The molecule has 0 heterocycles. The van der Waals surface area contributed by atoms with Crippen molar-refractivity contribution in [2.24, 2.45) is 0 Å². The molecular weight excluding hydrogens is 383 g/mol. The molecule has 1 amide bonds. The molecule has 0 bridgehead atoms. The van der Waals surface area contributed by atoms with Crippen LogP contribution in [-0.2, 0) is 21.2 Å². The second-order valence-electron chi connectivity index (χ2n) is 5.46. The van der Waals surface area contributed by atoms with Crippen LogP contribution in [0.5, 0.6) is 0 Å². The Bertz CT molecular complexity index is 868. The van der Waals surface area contributed by atoms with Gasteiger partial charge >= 0.3 is 0 Å². The maximum Gasteiger partial charge on any atom is 0.242 e. The summed E-state index contributed by atoms with van der Waals surface area (Å²) < 4.78 is 27.1. The van der Waals surface area contributed by atoms with Crippen molar-refractivity contribution in [3.05, 3.63) is 58.1 Å². The van der Waals surface area contributed by atoms with Gasteiger partial charge in [-0.15, -0.1) is 0 Å². The summed E-state index contributed by atoms with van der Waals surface area (Å²) in [7, 11) is -3.99. The number of amides is 1. The Hall–Kier alpha value is -1.60. The summed E-state index contributed by atoms with van der Waals surface area (Å²) in [5.74, 6) is -0.481. The summed E-state index contributed by atoms with van der Waals surface area (Å²) >= 11 is 11.7. The lowest BCUT2D eigenvalue weighted by atomic mass is 10.1. The third kappa shape index (κ3) is 5.19. The van der Waals surface area contributed by atoms with Gasteiger partial charge in [0.25, 0.3) is 0 Å². The number of halogens is 2. The molecule has 25 heavy (non-hydrogen) atoms. The SMILES string of the molecule is CCc1ccc(NC(=O)[C@H](C)NS(=O)(=O)c2cc(Cl)ccc2Cl)cc1. The van der Waals surface area contributed by atoms with Crippen LogP contribution in [0.3, 0.4) is 0 Å². The van der Waals surface area contributed by atoms with Crippen molar-refractivity contribution < 1.29 is 13.2 Å². The first kappa shape index (κ1) is 19.7. The molecule has 5 nitrogen and oxygen atoms in total. The van der Waals surface area contributed by atoms with Crippen molar-refractivity contribution in [3.63, 3.8) is 0 Å². The van der Waals surface area contributed by atoms with E-state index >= 15 is 0 Å². The molecule has 134 valence electrons. The zero-order valence-electron chi connectivity index (χ0n) is 13.7. The minimum Gasteiger partial charge on any atom is -0.325 e. The monoisotopic (exact) mass is 400 g/mol. The van der Waals surface area contributed by atoms with Crippen molar-refractivity contribution >= 4 is 44.8 Å². The van der Waals surface area contributed by atoms with Crippen LogP contribution in [0.2, 0.25) is 10.0 Å². The largest absolute Gasteiger partial charge is 0.325 e. The highest BCUT2D eigenvalue weighted by Gasteiger charge is 2.24. The molecular formula is C17H18Cl2N2O3S. The van der Waals surface area contributed by atoms with Crippen LogP contribution < -0.4 is 10.0 Å². The van der Waals surface area contributed by atoms with Crippen molar-refractivity contribution in [2.45, 2.75) is 31.2 Å². The fourth-order valence-corrected chi connectivity index (χ4v) is 4.07. The molecule has 0 saturated heterocycles. The number of hydrogen-bond donors (Lipinski definition) is 2. The second kappa shape index (κ2) is 8.19. The van der Waals surface area contributed by atoms with Crippen molar-refractivity contribution in [3.8, 4) is 0 Å². The van der Waals surface area contributed by atoms with E-state index in [1.165, 1.54) is 25.1 Å². The summed E-state index contributed by atoms with van der Waals surface area (Å²) in [6, 6.07) is 10.5. The summed E-state index contributed by atoms with van der Waals surface area (Å²) in [5.41, 5.74) is 1.73. The van der Waals surface area contributed by atoms with Crippen molar-refractivity contribution in [1.29, 1.82) is 0 Å². The zero-order valence-corrected chi connectivity index (χ0v) is 16.0. The number of sulfonamides is 1. The van der Waals surface area contributed by atoms with Crippen LogP contribution in [-0.4, -0.2) is 20.4 Å². The minimum absolute atomic E-state index is 0.0275. The average Bonchev–Trinajstić information content (AvgIpc) is 2.57. The summed E-state index contributed by atoms with van der Waals surface area (Å²) in [4.78, 5) is 12.1. The third-order valence-electron chi connectivity index (χ3n) is 3.54. The first-order valence-corrected chi connectivity index (χ1v) is 9.84. The highest BCUT2D eigenvalue weighted by atomic mass is 35.5. The number of nitrogens with one attached hydrogen (secondary N) is 2. The Labute approximate surface area is 157 Å². The highest BCUT2D eigenvalue weighted by molar-refractivity contribution is 7.89. The van der Waals surface area contributed by atoms with E-state index in [9.17, 15) is 13.2 Å². The van der Waals surface area contributed by atoms with Crippen LogP contribution in [0.1, 0.15) is 19.4 Å². The van der Waals surface area contributed by atoms with E-state index in [1.54, 1.807) is 12.1 Å². The predicted octanol–water partition coefficient (Wildman–Crippen LogP) is 3.86. The summed E-state index contributed by atoms with van der Waals surface area (Å²) in [6.45, 7) is 3.48. The van der Waals surface area contributed by atoms with Gasteiger partial charge in [0.2, 0.25) is 15.9 Å². The molecule has 0 aromatic heterocycles. The molecule has 0 saturated carbocycles. The molecule has 2 aromatic rings. The number of anilines is 1. The quantitative estimate of drug-likeness (QED) is 0.772. The Morgan fingerprint density at radius 1 is 1.12 bits per heavy atom. The smallest absolute Gasteiger partial charge is 0.242 e. The van der Waals surface area contributed by atoms with Crippen molar-refractivity contribution in [2.75, 3.05) is 5.32 Å². The maximum atomic E-state index is 12.4. The molecule has 0 unspecified atom stereocenters. The fraction of sp³-hybridized carbons (Fsp3) is 0.235. The van der Waals surface area contributed by atoms with Gasteiger partial charge in [-0.25, -0.2) is 8.42 Å². The lowest BCUT2D eigenvalue weighted by Crippen LogP contribution is -2.41. The molecule has 2 rings (SSSR count). The molecule has 1 atom stereocenters. The lowest BCUT2D eigenvalue weighted by Gasteiger charge is -2.15. The molecule has 0 radical (unpaired) electrons. The summed E-state index contributed by atoms with van der Waals surface area (Å²) in [5, 5.41) is 2.93. The average molecular weight is 401 g/mol. The molecule has 0 fully saturated rings. The van der Waals surface area contributed by atoms with Gasteiger partial charge in [-0.05, 0) is 49.2 Å². The molecule has 2 N–H and O–H groups in total. The van der Waals surface area contributed by atoms with E-state index in [0.717, 1.165) is 12.0 Å². The van der Waals surface area contributed by atoms with E-state index in [0.29, 0.717) is 5.69 Å². The van der Waals surface area contributed by atoms with Gasteiger partial charge in [0.15, 0.2) is 0 Å². The first-order valence-electron chi connectivity index (χ1n) is 7.60. The van der Waals surface area contributed by atoms with Gasteiger partial charge in [0.1, 0.15) is 4.90 Å². The van der Waals surface area contributed by atoms with Gasteiger partial charge in [0.05, 0.1) is 11.1 Å². The number of benzene rings is 2. The number of carbonyl (C=O) groups excluding carboxylic acids is 1. The standard InChI is InChI=1S/C17H18Cl2N2O3S/c1-3-12-4-7-14(8-5-12)20-17(22)11(2)21-25(23,24)16-10-13(18)6-9-15(16)19/h4-11,21H,3H2,1-2H3,(H,20,22)/t11-/m0/s1. The Kier molecular flexibility index (Phi) is 6.46. The number of rotatable bonds is 6. The van der Waals surface area contributed by atoms with Gasteiger partial charge in [-0.2, -0.15) is 4.72 Å². The van der Waals surface area contributed by atoms with E-state index in [1.807, 2.05) is 19.1 Å². The van der Waals surface area contributed by atoms with Crippen LogP contribution >= 0.6 is 23.2 Å². The second-order valence-corrected chi connectivity index (χ2v) is 7.98. The zero-order chi connectivity index (χ0) is 18.6. The predicted molar refractivity (Wildman–Crippen MR) is 101 cm³/mol. The topological polar surface area (TPSA) is 75.3 Å². The number of aryl methyl sites for hydroxylation is 1. The van der Waals surface area contributed by atoms with E-state index in [2.05, 4.69) is 10.0 Å². The summed E-state index contributed by atoms with van der Waals surface area (Å²) in [6.07, 6.45) is 0.894. The van der Waals surface area contributed by atoms with Gasteiger partial charge in [0, 0.05) is 10.7 Å². The fourth-order valence-electron chi connectivity index (χ4n) is 2.11. The van der Waals surface area contributed by atoms with Crippen molar-refractivity contribution in [1.82, 2.24) is 4.72 Å². The van der Waals surface area contributed by atoms with E-state index in [4.69, 9.17) is 23.2 Å². The van der Waals surface area contributed by atoms with Crippen LogP contribution in [0.25, 0.3) is 0 Å². The number of carbonyl (C=O) groups is 1. The highest BCUT2D eigenvalue weighted by Crippen LogP contribution is 2.25. The van der Waals surface area contributed by atoms with Crippen LogP contribution in [0.15, 0.2) is 47.4 Å². The lowest BCUT2D eigenvalue weighted by molar-refractivity contribution is -0.117. The Morgan fingerprint density at radius 2 is 1.76 bits per heavy atom. The third-order valence-corrected chi connectivity index (χ3v) is 5.80. The first-order chi connectivity index (χ1) is 11.7. The minimum atomic E-state index is -3.99. The normalized spacial score (nSPS) is 12.6. The molecule has 0 aliphatic rings. The maximum absolute atomic E-state index is 12.4. The molecule has 2 aromatic carbocycles. The molecule has 8 heteroatoms. The van der Waals surface area contributed by atoms with Crippen LogP contribution in [0.4, 0.5) is 5.69 Å². The Balaban J connectivity index is 2.10. The van der Waals surface area contributed by atoms with Crippen LogP contribution in [0, 0.1) is 0 Å². The van der Waals surface area contributed by atoms with Gasteiger partial charge < -0.3 is 5.32 Å². The van der Waals surface area contributed by atoms with Gasteiger partial charge in [-0.3, -0.25) is 4.79 Å². The van der Waals surface area contributed by atoms with Gasteiger partial charge in [-0.1, -0.05) is 42.3 Å². The number of hydrogen-bond acceptors (Lipinski definition) is 3. The Morgan fingerprint density at radius 3 is 2.36 bits per heavy atom. The molecule has 0 spiro atoms. The molecule has 0 aliphatic heterocycles. The van der Waals surface area contributed by atoms with E-state index < -0.39 is 22.0 Å². The van der Waals surface area contributed by atoms with E-state index in [-0.39, 0.29) is 14.9 Å².